The molecule has 1 N–H and O–H groups in total. The van der Waals surface area contributed by atoms with Gasteiger partial charge in [0.05, 0.1) is 9.21 Å². The molecule has 0 bridgehead atoms. The second kappa shape index (κ2) is 5.93. The van der Waals surface area contributed by atoms with E-state index in [0.717, 1.165) is 5.56 Å². The lowest BCUT2D eigenvalue weighted by Gasteiger charge is -2.06. The molecule has 0 aliphatic carbocycles. The van der Waals surface area contributed by atoms with Crippen molar-refractivity contribution in [2.45, 2.75) is 6.54 Å². The van der Waals surface area contributed by atoms with E-state index in [9.17, 15) is 4.79 Å². The Kier molecular flexibility index (Phi) is 4.51. The van der Waals surface area contributed by atoms with Gasteiger partial charge < -0.3 is 5.32 Å². The Hall–Kier alpha value is -0.740. The van der Waals surface area contributed by atoms with Gasteiger partial charge in [-0.05, 0) is 29.8 Å². The monoisotopic (exact) mass is 319 g/mol. The van der Waals surface area contributed by atoms with Crippen molar-refractivity contribution in [2.75, 3.05) is 0 Å². The van der Waals surface area contributed by atoms with Crippen LogP contribution in [0.5, 0.6) is 0 Å². The van der Waals surface area contributed by atoms with Crippen molar-refractivity contribution in [3.05, 3.63) is 55.2 Å². The van der Waals surface area contributed by atoms with Gasteiger partial charge in [-0.2, -0.15) is 0 Å². The summed E-state index contributed by atoms with van der Waals surface area (Å²) < 4.78 is 0.588. The summed E-state index contributed by atoms with van der Waals surface area (Å²) >= 11 is 18.8. The van der Waals surface area contributed by atoms with Crippen molar-refractivity contribution in [3.63, 3.8) is 0 Å². The Labute approximate surface area is 123 Å². The highest BCUT2D eigenvalue weighted by Gasteiger charge is 2.09. The van der Waals surface area contributed by atoms with Gasteiger partial charge in [-0.15, -0.1) is 11.3 Å². The van der Waals surface area contributed by atoms with Crippen LogP contribution in [0.1, 0.15) is 15.2 Å². The molecule has 1 heterocycles. The number of rotatable bonds is 3. The third kappa shape index (κ3) is 3.39. The number of halogens is 3. The number of hydrogen-bond acceptors (Lipinski definition) is 2. The van der Waals surface area contributed by atoms with Gasteiger partial charge in [-0.25, -0.2) is 0 Å². The Morgan fingerprint density at radius 1 is 1.17 bits per heavy atom. The van der Waals surface area contributed by atoms with Gasteiger partial charge >= 0.3 is 0 Å². The van der Waals surface area contributed by atoms with E-state index in [1.807, 2.05) is 0 Å². The first kappa shape index (κ1) is 13.7. The Bertz CT molecular complexity index is 582. The molecule has 0 spiro atoms. The molecule has 0 unspecified atom stereocenters. The second-order valence-electron chi connectivity index (χ2n) is 3.52. The third-order valence-electron chi connectivity index (χ3n) is 2.25. The first-order valence-electron chi connectivity index (χ1n) is 5.04. The zero-order valence-electron chi connectivity index (χ0n) is 9.04. The van der Waals surface area contributed by atoms with Gasteiger partial charge in [-0.3, -0.25) is 4.79 Å². The first-order chi connectivity index (χ1) is 8.56. The van der Waals surface area contributed by atoms with Crippen molar-refractivity contribution in [3.8, 4) is 0 Å². The summed E-state index contributed by atoms with van der Waals surface area (Å²) in [4.78, 5) is 12.4. The van der Waals surface area contributed by atoms with Gasteiger partial charge in [-0.1, -0.05) is 40.9 Å². The molecule has 2 rings (SSSR count). The van der Waals surface area contributed by atoms with Crippen LogP contribution in [0.15, 0.2) is 30.3 Å². The SMILES string of the molecule is O=C(NCc1ccc(Cl)cc1Cl)c1ccc(Cl)s1. The Morgan fingerprint density at radius 3 is 2.56 bits per heavy atom. The molecule has 18 heavy (non-hydrogen) atoms. The van der Waals surface area contributed by atoms with Crippen molar-refractivity contribution in [1.82, 2.24) is 5.32 Å². The van der Waals surface area contributed by atoms with E-state index in [-0.39, 0.29) is 5.91 Å². The summed E-state index contributed by atoms with van der Waals surface area (Å²) in [6.07, 6.45) is 0. The highest BCUT2D eigenvalue weighted by atomic mass is 35.5. The average Bonchev–Trinajstić information content (AvgIpc) is 2.74. The zero-order valence-corrected chi connectivity index (χ0v) is 12.1. The highest BCUT2D eigenvalue weighted by Crippen LogP contribution is 2.23. The predicted octanol–water partition coefficient (Wildman–Crippen LogP) is 4.64. The maximum atomic E-state index is 11.8. The van der Waals surface area contributed by atoms with Gasteiger partial charge in [0, 0.05) is 16.6 Å². The van der Waals surface area contributed by atoms with Crippen LogP contribution in [0.3, 0.4) is 0 Å². The fourth-order valence-electron chi connectivity index (χ4n) is 1.36. The van der Waals surface area contributed by atoms with Gasteiger partial charge in [0.15, 0.2) is 0 Å². The van der Waals surface area contributed by atoms with Crippen LogP contribution in [0.25, 0.3) is 0 Å². The number of carbonyl (C=O) groups excluding carboxylic acids is 1. The summed E-state index contributed by atoms with van der Waals surface area (Å²) in [7, 11) is 0. The summed E-state index contributed by atoms with van der Waals surface area (Å²) in [6, 6.07) is 8.54. The molecule has 0 aliphatic heterocycles. The molecule has 0 saturated heterocycles. The van der Waals surface area contributed by atoms with E-state index in [0.29, 0.717) is 25.8 Å². The van der Waals surface area contributed by atoms with Crippen LogP contribution in [0.2, 0.25) is 14.4 Å². The van der Waals surface area contributed by atoms with Gasteiger partial charge in [0.1, 0.15) is 0 Å². The van der Waals surface area contributed by atoms with Crippen LogP contribution in [0, 0.1) is 0 Å². The third-order valence-corrected chi connectivity index (χ3v) is 4.07. The van der Waals surface area contributed by atoms with E-state index in [2.05, 4.69) is 5.32 Å². The van der Waals surface area contributed by atoms with Crippen LogP contribution < -0.4 is 5.32 Å². The fraction of sp³-hybridized carbons (Fsp3) is 0.0833. The molecule has 1 aromatic carbocycles. The van der Waals surface area contributed by atoms with E-state index in [1.54, 1.807) is 30.3 Å². The molecule has 0 radical (unpaired) electrons. The second-order valence-corrected chi connectivity index (χ2v) is 6.08. The molecule has 0 saturated carbocycles. The van der Waals surface area contributed by atoms with Crippen molar-refractivity contribution >= 4 is 52.0 Å². The largest absolute Gasteiger partial charge is 0.347 e. The smallest absolute Gasteiger partial charge is 0.261 e. The zero-order chi connectivity index (χ0) is 13.1. The Morgan fingerprint density at radius 2 is 1.94 bits per heavy atom. The minimum Gasteiger partial charge on any atom is -0.347 e. The quantitative estimate of drug-likeness (QED) is 0.877. The number of hydrogen-bond donors (Lipinski definition) is 1. The van der Waals surface area contributed by atoms with Crippen molar-refractivity contribution in [1.29, 1.82) is 0 Å². The number of carbonyl (C=O) groups is 1. The summed E-state index contributed by atoms with van der Waals surface area (Å²) in [5, 5.41) is 3.88. The van der Waals surface area contributed by atoms with E-state index in [1.165, 1.54) is 11.3 Å². The number of nitrogens with one attached hydrogen (secondary N) is 1. The molecule has 0 atom stereocenters. The lowest BCUT2D eigenvalue weighted by molar-refractivity contribution is 0.0955. The summed E-state index contributed by atoms with van der Waals surface area (Å²) in [5.41, 5.74) is 0.817. The lowest BCUT2D eigenvalue weighted by atomic mass is 10.2. The first-order valence-corrected chi connectivity index (χ1v) is 6.99. The normalized spacial score (nSPS) is 10.4. The average molecular weight is 321 g/mol. The van der Waals surface area contributed by atoms with Crippen molar-refractivity contribution in [2.24, 2.45) is 0 Å². The maximum Gasteiger partial charge on any atom is 0.261 e. The molecule has 0 aliphatic rings. The molecule has 1 aromatic heterocycles. The topological polar surface area (TPSA) is 29.1 Å². The van der Waals surface area contributed by atoms with Gasteiger partial charge in [0.25, 0.3) is 5.91 Å². The summed E-state index contributed by atoms with van der Waals surface area (Å²) in [5.74, 6) is -0.169. The molecule has 1 amide bonds. The molecule has 2 aromatic rings. The molecule has 0 fully saturated rings. The van der Waals surface area contributed by atoms with Crippen LogP contribution in [-0.4, -0.2) is 5.91 Å². The number of thiophene rings is 1. The predicted molar refractivity (Wildman–Crippen MR) is 77.0 cm³/mol. The minimum absolute atomic E-state index is 0.169. The van der Waals surface area contributed by atoms with E-state index < -0.39 is 0 Å². The van der Waals surface area contributed by atoms with Gasteiger partial charge in [0.2, 0.25) is 0 Å². The molecule has 6 heteroatoms. The lowest BCUT2D eigenvalue weighted by Crippen LogP contribution is -2.21. The van der Waals surface area contributed by atoms with Crippen LogP contribution in [-0.2, 0) is 6.54 Å². The molecule has 2 nitrogen and oxygen atoms in total. The van der Waals surface area contributed by atoms with Crippen LogP contribution in [0.4, 0.5) is 0 Å². The fourth-order valence-corrected chi connectivity index (χ4v) is 2.80. The highest BCUT2D eigenvalue weighted by molar-refractivity contribution is 7.17. The van der Waals surface area contributed by atoms with E-state index >= 15 is 0 Å². The molecular formula is C12H8Cl3NOS. The number of amides is 1. The standard InChI is InChI=1S/C12H8Cl3NOS/c13-8-2-1-7(9(14)5-8)6-16-12(17)10-3-4-11(15)18-10/h1-5H,6H2,(H,16,17). The minimum atomic E-state index is -0.169. The maximum absolute atomic E-state index is 11.8. The Balaban J connectivity index is 2.01. The summed E-state index contributed by atoms with van der Waals surface area (Å²) in [6.45, 7) is 0.352. The number of benzene rings is 1. The molecular weight excluding hydrogens is 313 g/mol. The molecule has 94 valence electrons. The van der Waals surface area contributed by atoms with Crippen molar-refractivity contribution < 1.29 is 4.79 Å². The van der Waals surface area contributed by atoms with Crippen LogP contribution >= 0.6 is 46.1 Å². The van der Waals surface area contributed by atoms with E-state index in [4.69, 9.17) is 34.8 Å².